The summed E-state index contributed by atoms with van der Waals surface area (Å²) in [6, 6.07) is 0. The number of methoxy groups -OCH3 is 1. The Morgan fingerprint density at radius 2 is 1.74 bits per heavy atom. The van der Waals surface area contributed by atoms with Gasteiger partial charge in [0.05, 0.1) is 6.61 Å². The van der Waals surface area contributed by atoms with E-state index in [0.717, 1.165) is 12.5 Å². The van der Waals surface area contributed by atoms with E-state index in [9.17, 15) is 0 Å². The highest BCUT2D eigenvalue weighted by Crippen LogP contribution is 2.47. The van der Waals surface area contributed by atoms with Gasteiger partial charge in [0, 0.05) is 64.9 Å². The van der Waals surface area contributed by atoms with Gasteiger partial charge in [0.15, 0.2) is 0 Å². The first-order chi connectivity index (χ1) is 9.19. The predicted octanol–water partition coefficient (Wildman–Crippen LogP) is 0.592. The summed E-state index contributed by atoms with van der Waals surface area (Å²) in [6.07, 6.45) is 2.75. The van der Waals surface area contributed by atoms with Crippen molar-refractivity contribution in [3.8, 4) is 0 Å². The zero-order chi connectivity index (χ0) is 13.3. The van der Waals surface area contributed by atoms with Gasteiger partial charge in [-0.2, -0.15) is 0 Å². The minimum Gasteiger partial charge on any atom is -0.384 e. The van der Waals surface area contributed by atoms with E-state index in [0.29, 0.717) is 5.41 Å². The number of nitrogens with zero attached hydrogens (tertiary/aromatic N) is 3. The van der Waals surface area contributed by atoms with Crippen LogP contribution in [0.1, 0.15) is 12.8 Å². The third kappa shape index (κ3) is 3.48. The van der Waals surface area contributed by atoms with Gasteiger partial charge in [-0.1, -0.05) is 0 Å². The van der Waals surface area contributed by atoms with Gasteiger partial charge in [-0.05, 0) is 25.8 Å². The Morgan fingerprint density at radius 1 is 1.05 bits per heavy atom. The summed E-state index contributed by atoms with van der Waals surface area (Å²) in [5, 5.41) is 0. The van der Waals surface area contributed by atoms with Gasteiger partial charge < -0.3 is 19.4 Å². The SMILES string of the molecule is COCC1(CN2CC(CN3CCN(C)CC3)C2)CC1. The molecule has 2 heterocycles. The molecule has 4 heteroatoms. The molecule has 3 fully saturated rings. The van der Waals surface area contributed by atoms with E-state index >= 15 is 0 Å². The van der Waals surface area contributed by atoms with Crippen molar-refractivity contribution in [2.24, 2.45) is 11.3 Å². The van der Waals surface area contributed by atoms with Crippen molar-refractivity contribution >= 4 is 0 Å². The zero-order valence-corrected chi connectivity index (χ0v) is 12.6. The molecule has 0 radical (unpaired) electrons. The lowest BCUT2D eigenvalue weighted by Gasteiger charge is -2.44. The molecule has 1 aliphatic carbocycles. The van der Waals surface area contributed by atoms with Gasteiger partial charge in [-0.25, -0.2) is 0 Å². The smallest absolute Gasteiger partial charge is 0.0530 e. The molecule has 0 bridgehead atoms. The molecular weight excluding hydrogens is 238 g/mol. The van der Waals surface area contributed by atoms with Gasteiger partial charge in [0.2, 0.25) is 0 Å². The second-order valence-corrected chi connectivity index (χ2v) is 7.10. The van der Waals surface area contributed by atoms with Crippen LogP contribution in [0.4, 0.5) is 0 Å². The number of ether oxygens (including phenoxy) is 1. The molecule has 2 aliphatic heterocycles. The molecule has 4 nitrogen and oxygen atoms in total. The Kier molecular flexibility index (Phi) is 4.13. The minimum absolute atomic E-state index is 0.535. The van der Waals surface area contributed by atoms with E-state index < -0.39 is 0 Å². The third-order valence-electron chi connectivity index (χ3n) is 5.11. The van der Waals surface area contributed by atoms with Crippen LogP contribution in [0.25, 0.3) is 0 Å². The normalized spacial score (nSPS) is 29.4. The van der Waals surface area contributed by atoms with E-state index in [1.165, 1.54) is 65.2 Å². The van der Waals surface area contributed by atoms with Crippen LogP contribution in [0.5, 0.6) is 0 Å². The average molecular weight is 267 g/mol. The van der Waals surface area contributed by atoms with Gasteiger partial charge in [0.25, 0.3) is 0 Å². The molecule has 0 aromatic heterocycles. The maximum Gasteiger partial charge on any atom is 0.0530 e. The predicted molar refractivity (Wildman–Crippen MR) is 77.4 cm³/mol. The number of hydrogen-bond acceptors (Lipinski definition) is 4. The van der Waals surface area contributed by atoms with Crippen LogP contribution < -0.4 is 0 Å². The molecule has 19 heavy (non-hydrogen) atoms. The average Bonchev–Trinajstić information content (AvgIpc) is 3.10. The Labute approximate surface area is 117 Å². The number of hydrogen-bond donors (Lipinski definition) is 0. The monoisotopic (exact) mass is 267 g/mol. The van der Waals surface area contributed by atoms with E-state index in [4.69, 9.17) is 4.74 Å². The fraction of sp³-hybridized carbons (Fsp3) is 1.00. The molecule has 0 aromatic rings. The zero-order valence-electron chi connectivity index (χ0n) is 12.6. The Bertz CT molecular complexity index is 292. The lowest BCUT2D eigenvalue weighted by atomic mass is 9.96. The summed E-state index contributed by atoms with van der Waals surface area (Å²) in [4.78, 5) is 7.74. The summed E-state index contributed by atoms with van der Waals surface area (Å²) in [5.41, 5.74) is 0.535. The second kappa shape index (κ2) is 5.68. The molecule has 0 N–H and O–H groups in total. The quantitative estimate of drug-likeness (QED) is 0.701. The molecule has 3 aliphatic rings. The minimum atomic E-state index is 0.535. The van der Waals surface area contributed by atoms with Crippen LogP contribution in [-0.2, 0) is 4.74 Å². The van der Waals surface area contributed by atoms with Crippen LogP contribution in [0.3, 0.4) is 0 Å². The first-order valence-corrected chi connectivity index (χ1v) is 7.81. The number of piperazine rings is 1. The van der Waals surface area contributed by atoms with Crippen LogP contribution in [0.2, 0.25) is 0 Å². The summed E-state index contributed by atoms with van der Waals surface area (Å²) in [5.74, 6) is 0.918. The number of rotatable bonds is 6. The molecule has 0 amide bonds. The molecule has 3 rings (SSSR count). The summed E-state index contributed by atoms with van der Waals surface area (Å²) in [7, 11) is 4.07. The van der Waals surface area contributed by atoms with E-state index in [1.54, 1.807) is 0 Å². The molecular formula is C15H29N3O. The Balaban J connectivity index is 1.32. The summed E-state index contributed by atoms with van der Waals surface area (Å²) in [6.45, 7) is 11.2. The highest BCUT2D eigenvalue weighted by molar-refractivity contribution is 4.98. The number of likely N-dealkylation sites (tertiary alicyclic amines) is 1. The van der Waals surface area contributed by atoms with Gasteiger partial charge in [-0.3, -0.25) is 0 Å². The summed E-state index contributed by atoms with van der Waals surface area (Å²) >= 11 is 0. The van der Waals surface area contributed by atoms with Crippen LogP contribution >= 0.6 is 0 Å². The van der Waals surface area contributed by atoms with E-state index in [1.807, 2.05) is 7.11 Å². The maximum absolute atomic E-state index is 5.36. The van der Waals surface area contributed by atoms with Crippen molar-refractivity contribution in [2.75, 3.05) is 73.1 Å². The standard InChI is InChI=1S/C15H29N3O/c1-16-5-7-17(8-6-16)9-14-10-18(11-14)12-15(3-4-15)13-19-2/h14H,3-13H2,1-2H3. The maximum atomic E-state index is 5.36. The molecule has 1 saturated carbocycles. The van der Waals surface area contributed by atoms with Crippen molar-refractivity contribution < 1.29 is 4.74 Å². The lowest BCUT2D eigenvalue weighted by molar-refractivity contribution is 0.0225. The molecule has 0 atom stereocenters. The van der Waals surface area contributed by atoms with Crippen molar-refractivity contribution in [3.05, 3.63) is 0 Å². The van der Waals surface area contributed by atoms with Crippen molar-refractivity contribution in [1.82, 2.24) is 14.7 Å². The Morgan fingerprint density at radius 3 is 2.32 bits per heavy atom. The van der Waals surface area contributed by atoms with Crippen molar-refractivity contribution in [2.45, 2.75) is 12.8 Å². The molecule has 2 saturated heterocycles. The van der Waals surface area contributed by atoms with Crippen molar-refractivity contribution in [3.63, 3.8) is 0 Å². The first-order valence-electron chi connectivity index (χ1n) is 7.81. The third-order valence-corrected chi connectivity index (χ3v) is 5.11. The molecule has 110 valence electrons. The van der Waals surface area contributed by atoms with Gasteiger partial charge >= 0.3 is 0 Å². The Hall–Kier alpha value is -0.160. The van der Waals surface area contributed by atoms with Gasteiger partial charge in [-0.15, -0.1) is 0 Å². The van der Waals surface area contributed by atoms with Crippen molar-refractivity contribution in [1.29, 1.82) is 0 Å². The van der Waals surface area contributed by atoms with Crippen LogP contribution in [0, 0.1) is 11.3 Å². The van der Waals surface area contributed by atoms with Crippen LogP contribution in [0.15, 0.2) is 0 Å². The molecule has 0 spiro atoms. The largest absolute Gasteiger partial charge is 0.384 e. The number of likely N-dealkylation sites (N-methyl/N-ethyl adjacent to an activating group) is 1. The molecule has 0 aromatic carbocycles. The van der Waals surface area contributed by atoms with Gasteiger partial charge in [0.1, 0.15) is 0 Å². The lowest BCUT2D eigenvalue weighted by Crippen LogP contribution is -2.55. The first kappa shape index (κ1) is 13.8. The highest BCUT2D eigenvalue weighted by Gasteiger charge is 2.45. The van der Waals surface area contributed by atoms with E-state index in [2.05, 4.69) is 21.7 Å². The fourth-order valence-electron chi connectivity index (χ4n) is 3.62. The topological polar surface area (TPSA) is 19.0 Å². The fourth-order valence-corrected chi connectivity index (χ4v) is 3.62. The van der Waals surface area contributed by atoms with E-state index in [-0.39, 0.29) is 0 Å². The second-order valence-electron chi connectivity index (χ2n) is 7.10. The molecule has 0 unspecified atom stereocenters. The van der Waals surface area contributed by atoms with Crippen LogP contribution in [-0.4, -0.2) is 87.8 Å². The summed E-state index contributed by atoms with van der Waals surface area (Å²) < 4.78 is 5.36. The highest BCUT2D eigenvalue weighted by atomic mass is 16.5.